The highest BCUT2D eigenvalue weighted by atomic mass is 35.5. The minimum atomic E-state index is -0.332. The van der Waals surface area contributed by atoms with E-state index >= 15 is 0 Å². The van der Waals surface area contributed by atoms with Gasteiger partial charge in [0.05, 0.1) is 35.0 Å². The molecule has 3 aromatic carbocycles. The number of carbonyl (C=O) groups excluding carboxylic acids is 3. The molecule has 11 heteroatoms. The summed E-state index contributed by atoms with van der Waals surface area (Å²) in [5.41, 5.74) is 3.95. The summed E-state index contributed by atoms with van der Waals surface area (Å²) in [7, 11) is 3.83. The SMILES string of the molecule is CC(c1cccc(-c2ccc(C(=O)NC3CC3)cc2)c1)N(C)C(=O)CN1C(=O)COc2cc(Cl)c(Cl)cc21.CN1CCOCC1. The van der Waals surface area contributed by atoms with E-state index in [-0.39, 0.29) is 41.9 Å². The number of rotatable bonds is 7. The second-order valence-corrected chi connectivity index (χ2v) is 12.4. The number of ether oxygens (including phenoxy) is 2. The molecule has 3 amide bonds. The summed E-state index contributed by atoms with van der Waals surface area (Å²) in [4.78, 5) is 43.4. The summed E-state index contributed by atoms with van der Waals surface area (Å²) in [5, 5.41) is 3.59. The third-order valence-corrected chi connectivity index (χ3v) is 8.93. The molecule has 0 spiro atoms. The number of halogens is 2. The Morgan fingerprint density at radius 2 is 1.69 bits per heavy atom. The first kappa shape index (κ1) is 32.8. The van der Waals surface area contributed by atoms with E-state index in [4.69, 9.17) is 32.7 Å². The van der Waals surface area contributed by atoms with Crippen molar-refractivity contribution < 1.29 is 23.9 Å². The lowest BCUT2D eigenvalue weighted by Gasteiger charge is -2.32. The molecule has 2 aliphatic heterocycles. The van der Waals surface area contributed by atoms with E-state index in [1.807, 2.05) is 55.5 Å². The molecule has 45 heavy (non-hydrogen) atoms. The van der Waals surface area contributed by atoms with Crippen LogP contribution in [0.3, 0.4) is 0 Å². The number of anilines is 1. The Labute approximate surface area is 274 Å². The highest BCUT2D eigenvalue weighted by molar-refractivity contribution is 6.42. The fraction of sp³-hybridized carbons (Fsp3) is 0.382. The summed E-state index contributed by atoms with van der Waals surface area (Å²) < 4.78 is 10.6. The maximum atomic E-state index is 13.3. The minimum Gasteiger partial charge on any atom is -0.482 e. The average Bonchev–Trinajstić information content (AvgIpc) is 3.87. The monoisotopic (exact) mass is 652 g/mol. The zero-order valence-electron chi connectivity index (χ0n) is 25.7. The Kier molecular flexibility index (Phi) is 10.7. The van der Waals surface area contributed by atoms with E-state index in [0.717, 1.165) is 55.8 Å². The summed E-state index contributed by atoms with van der Waals surface area (Å²) >= 11 is 12.2. The van der Waals surface area contributed by atoms with Gasteiger partial charge in [0.25, 0.3) is 11.8 Å². The summed E-state index contributed by atoms with van der Waals surface area (Å²) in [6.07, 6.45) is 2.09. The van der Waals surface area contributed by atoms with Crippen molar-refractivity contribution in [2.45, 2.75) is 31.8 Å². The highest BCUT2D eigenvalue weighted by Gasteiger charge is 2.30. The molecule has 1 N–H and O–H groups in total. The van der Waals surface area contributed by atoms with Crippen molar-refractivity contribution in [1.82, 2.24) is 15.1 Å². The zero-order valence-corrected chi connectivity index (χ0v) is 27.2. The van der Waals surface area contributed by atoms with Gasteiger partial charge in [-0.3, -0.25) is 19.3 Å². The summed E-state index contributed by atoms with van der Waals surface area (Å²) in [6.45, 7) is 5.62. The van der Waals surface area contributed by atoms with E-state index in [1.54, 1.807) is 18.0 Å². The van der Waals surface area contributed by atoms with Crippen LogP contribution in [0, 0.1) is 0 Å². The molecule has 1 saturated carbocycles. The molecule has 1 unspecified atom stereocenters. The molecule has 0 bridgehead atoms. The number of likely N-dealkylation sites (N-methyl/N-ethyl adjacent to an activating group) is 2. The molecule has 9 nitrogen and oxygen atoms in total. The smallest absolute Gasteiger partial charge is 0.265 e. The molecule has 3 aromatic rings. The van der Waals surface area contributed by atoms with Crippen molar-refractivity contribution >= 4 is 46.6 Å². The standard InChI is InChI=1S/C29H27Cl2N3O4.C5H11NO/c1-17(33(2)27(35)15-34-25-13-23(30)24(31)14-26(25)38-16-28(34)36)20-4-3-5-21(12-20)18-6-8-19(9-7-18)29(37)32-22-10-11-22;1-6-2-4-7-5-3-6/h3-9,12-14,17,22H,10-11,15-16H2,1-2H3,(H,32,37);2-5H2,1H3. The molecule has 6 rings (SSSR count). The molecule has 3 aliphatic rings. The topological polar surface area (TPSA) is 91.4 Å². The van der Waals surface area contributed by atoms with E-state index in [9.17, 15) is 14.4 Å². The Balaban J connectivity index is 0.000000505. The Morgan fingerprint density at radius 1 is 1.00 bits per heavy atom. The number of hydrogen-bond donors (Lipinski definition) is 1. The number of nitrogens with zero attached hydrogens (tertiary/aromatic N) is 3. The predicted molar refractivity (Wildman–Crippen MR) is 176 cm³/mol. The number of benzene rings is 3. The van der Waals surface area contributed by atoms with Crippen LogP contribution < -0.4 is 15.0 Å². The number of amides is 3. The second-order valence-electron chi connectivity index (χ2n) is 11.5. The third-order valence-electron chi connectivity index (χ3n) is 8.21. The van der Waals surface area contributed by atoms with Gasteiger partial charge >= 0.3 is 0 Å². The first-order chi connectivity index (χ1) is 21.6. The van der Waals surface area contributed by atoms with Gasteiger partial charge < -0.3 is 24.6 Å². The van der Waals surface area contributed by atoms with Gasteiger partial charge in [0, 0.05) is 37.8 Å². The van der Waals surface area contributed by atoms with Crippen LogP contribution >= 0.6 is 23.2 Å². The lowest BCUT2D eigenvalue weighted by molar-refractivity contribution is -0.132. The zero-order chi connectivity index (χ0) is 32.1. The van der Waals surface area contributed by atoms with Crippen LogP contribution in [0.5, 0.6) is 5.75 Å². The van der Waals surface area contributed by atoms with Gasteiger partial charge in [-0.15, -0.1) is 0 Å². The van der Waals surface area contributed by atoms with Crippen molar-refractivity contribution in [1.29, 1.82) is 0 Å². The van der Waals surface area contributed by atoms with Crippen LogP contribution in [0.15, 0.2) is 60.7 Å². The maximum Gasteiger partial charge on any atom is 0.265 e. The van der Waals surface area contributed by atoms with E-state index in [0.29, 0.717) is 28.1 Å². The van der Waals surface area contributed by atoms with E-state index in [2.05, 4.69) is 17.3 Å². The number of morpholine rings is 1. The number of fused-ring (bicyclic) bond motifs is 1. The van der Waals surface area contributed by atoms with Gasteiger partial charge in [-0.05, 0) is 67.8 Å². The van der Waals surface area contributed by atoms with Crippen LogP contribution in [0.25, 0.3) is 11.1 Å². The van der Waals surface area contributed by atoms with Gasteiger partial charge in [0.1, 0.15) is 12.3 Å². The van der Waals surface area contributed by atoms with E-state index in [1.165, 1.54) is 11.0 Å². The van der Waals surface area contributed by atoms with Crippen LogP contribution in [-0.2, 0) is 14.3 Å². The molecule has 1 saturated heterocycles. The maximum absolute atomic E-state index is 13.3. The van der Waals surface area contributed by atoms with E-state index < -0.39 is 0 Å². The summed E-state index contributed by atoms with van der Waals surface area (Å²) in [5.74, 6) is -0.206. The minimum absolute atomic E-state index is 0.0479. The average molecular weight is 654 g/mol. The molecule has 1 aliphatic carbocycles. The molecular formula is C34H38Cl2N4O5. The number of hydrogen-bond acceptors (Lipinski definition) is 6. The largest absolute Gasteiger partial charge is 0.482 e. The van der Waals surface area contributed by atoms with Crippen LogP contribution in [0.2, 0.25) is 10.0 Å². The number of carbonyl (C=O) groups is 3. The first-order valence-electron chi connectivity index (χ1n) is 15.1. The molecule has 2 fully saturated rings. The quantitative estimate of drug-likeness (QED) is 0.365. The molecular weight excluding hydrogens is 615 g/mol. The van der Waals surface area contributed by atoms with Crippen molar-refractivity contribution in [2.24, 2.45) is 0 Å². The fourth-order valence-corrected chi connectivity index (χ4v) is 5.31. The molecule has 238 valence electrons. The first-order valence-corrected chi connectivity index (χ1v) is 15.8. The van der Waals surface area contributed by atoms with Crippen LogP contribution in [0.4, 0.5) is 5.69 Å². The molecule has 0 radical (unpaired) electrons. The van der Waals surface area contributed by atoms with Crippen molar-refractivity contribution in [3.8, 4) is 16.9 Å². The lowest BCUT2D eigenvalue weighted by atomic mass is 9.98. The normalized spacial score (nSPS) is 16.9. The van der Waals surface area contributed by atoms with Crippen molar-refractivity contribution in [3.05, 3.63) is 81.8 Å². The van der Waals surface area contributed by atoms with Crippen molar-refractivity contribution in [3.63, 3.8) is 0 Å². The second kappa shape index (κ2) is 14.6. The van der Waals surface area contributed by atoms with Gasteiger partial charge in [0.2, 0.25) is 5.91 Å². The lowest BCUT2D eigenvalue weighted by Crippen LogP contribution is -2.46. The van der Waals surface area contributed by atoms with Crippen molar-refractivity contribution in [2.75, 3.05) is 58.5 Å². The van der Waals surface area contributed by atoms with Gasteiger partial charge in [-0.1, -0.05) is 53.5 Å². The molecule has 0 aromatic heterocycles. The fourth-order valence-electron chi connectivity index (χ4n) is 5.00. The molecule has 1 atom stereocenters. The predicted octanol–water partition coefficient (Wildman–Crippen LogP) is 5.45. The Bertz CT molecular complexity index is 1540. The highest BCUT2D eigenvalue weighted by Crippen LogP contribution is 2.39. The van der Waals surface area contributed by atoms with Gasteiger partial charge in [0.15, 0.2) is 6.61 Å². The Hall–Kier alpha value is -3.63. The summed E-state index contributed by atoms with van der Waals surface area (Å²) in [6, 6.07) is 18.6. The molecule has 2 heterocycles. The Morgan fingerprint density at radius 3 is 2.33 bits per heavy atom. The van der Waals surface area contributed by atoms with Gasteiger partial charge in [-0.25, -0.2) is 0 Å². The van der Waals surface area contributed by atoms with Gasteiger partial charge in [-0.2, -0.15) is 0 Å². The van der Waals surface area contributed by atoms with Crippen LogP contribution in [0.1, 0.15) is 41.7 Å². The third kappa shape index (κ3) is 8.35. The number of nitrogens with one attached hydrogen (secondary N) is 1. The van der Waals surface area contributed by atoms with Crippen LogP contribution in [-0.4, -0.2) is 87.1 Å².